The summed E-state index contributed by atoms with van der Waals surface area (Å²) in [6, 6.07) is 7.50. The molecule has 5 nitrogen and oxygen atoms in total. The molecule has 1 aromatic rings. The van der Waals surface area contributed by atoms with E-state index in [9.17, 15) is 9.59 Å². The largest absolute Gasteiger partial charge is 0.493 e. The van der Waals surface area contributed by atoms with E-state index in [1.807, 2.05) is 47.9 Å². The second-order valence-electron chi connectivity index (χ2n) is 8.14. The van der Waals surface area contributed by atoms with Gasteiger partial charge < -0.3 is 14.5 Å². The predicted octanol–water partition coefficient (Wildman–Crippen LogP) is 3.59. The molecule has 2 fully saturated rings. The van der Waals surface area contributed by atoms with Crippen molar-refractivity contribution in [1.29, 1.82) is 0 Å². The van der Waals surface area contributed by atoms with Gasteiger partial charge in [0, 0.05) is 43.6 Å². The molecule has 27 heavy (non-hydrogen) atoms. The van der Waals surface area contributed by atoms with E-state index in [0.29, 0.717) is 12.5 Å². The highest BCUT2D eigenvalue weighted by atomic mass is 16.5. The fraction of sp³-hybridized carbons (Fsp3) is 0.636. The van der Waals surface area contributed by atoms with Crippen LogP contribution in [0.25, 0.3) is 0 Å². The molecule has 0 aromatic heterocycles. The van der Waals surface area contributed by atoms with Gasteiger partial charge in [0.25, 0.3) is 5.91 Å². The molecule has 0 spiro atoms. The maximum absolute atomic E-state index is 12.5. The highest BCUT2D eigenvalue weighted by Gasteiger charge is 2.25. The minimum atomic E-state index is 0.0506. The fourth-order valence-corrected chi connectivity index (χ4v) is 3.95. The van der Waals surface area contributed by atoms with E-state index < -0.39 is 0 Å². The molecule has 0 aliphatic carbocycles. The third kappa shape index (κ3) is 5.24. The number of carbonyl (C=O) groups is 2. The number of amides is 2. The van der Waals surface area contributed by atoms with E-state index in [1.165, 1.54) is 6.42 Å². The zero-order valence-corrected chi connectivity index (χ0v) is 16.7. The van der Waals surface area contributed by atoms with Gasteiger partial charge in [-0.3, -0.25) is 9.59 Å². The van der Waals surface area contributed by atoms with Crippen LogP contribution in [0.4, 0.5) is 0 Å². The second-order valence-corrected chi connectivity index (χ2v) is 8.14. The standard InChI is InChI=1S/C22H32N2O3/c1-17(2)21(25)24-14-6-7-18(15-24)16-27-20-10-8-19(9-11-20)22(26)23-12-4-3-5-13-23/h8-11,17-18H,3-7,12-16H2,1-2H3. The van der Waals surface area contributed by atoms with Crippen LogP contribution in [0.15, 0.2) is 24.3 Å². The SMILES string of the molecule is CC(C)C(=O)N1CCCC(COc2ccc(C(=O)N3CCCCC3)cc2)C1. The lowest BCUT2D eigenvalue weighted by atomic mass is 9.98. The van der Waals surface area contributed by atoms with Crippen molar-refractivity contribution in [2.45, 2.75) is 46.0 Å². The van der Waals surface area contributed by atoms with Gasteiger partial charge in [-0.2, -0.15) is 0 Å². The summed E-state index contributed by atoms with van der Waals surface area (Å²) < 4.78 is 5.95. The lowest BCUT2D eigenvalue weighted by Crippen LogP contribution is -2.43. The lowest BCUT2D eigenvalue weighted by molar-refractivity contribution is -0.136. The average molecular weight is 373 g/mol. The number of hydrogen-bond acceptors (Lipinski definition) is 3. The summed E-state index contributed by atoms with van der Waals surface area (Å²) in [4.78, 5) is 28.6. The molecule has 1 atom stereocenters. The molecule has 0 radical (unpaired) electrons. The Balaban J connectivity index is 1.49. The molecular weight excluding hydrogens is 340 g/mol. The van der Waals surface area contributed by atoms with Crippen LogP contribution >= 0.6 is 0 Å². The predicted molar refractivity (Wildman–Crippen MR) is 106 cm³/mol. The zero-order chi connectivity index (χ0) is 19.2. The Morgan fingerprint density at radius 3 is 2.33 bits per heavy atom. The molecule has 2 saturated heterocycles. The monoisotopic (exact) mass is 372 g/mol. The van der Waals surface area contributed by atoms with Gasteiger partial charge in [-0.05, 0) is 56.4 Å². The van der Waals surface area contributed by atoms with Gasteiger partial charge >= 0.3 is 0 Å². The normalized spacial score (nSPS) is 20.6. The van der Waals surface area contributed by atoms with E-state index in [4.69, 9.17) is 4.74 Å². The van der Waals surface area contributed by atoms with E-state index in [1.54, 1.807) is 0 Å². The van der Waals surface area contributed by atoms with Gasteiger partial charge in [0.15, 0.2) is 0 Å². The van der Waals surface area contributed by atoms with Crippen LogP contribution < -0.4 is 4.74 Å². The number of hydrogen-bond donors (Lipinski definition) is 0. The number of piperidine rings is 2. The molecule has 1 unspecified atom stereocenters. The zero-order valence-electron chi connectivity index (χ0n) is 16.7. The third-order valence-corrected chi connectivity index (χ3v) is 5.55. The van der Waals surface area contributed by atoms with E-state index in [-0.39, 0.29) is 17.7 Å². The number of rotatable bonds is 5. The van der Waals surface area contributed by atoms with Crippen molar-refractivity contribution >= 4 is 11.8 Å². The highest BCUT2D eigenvalue weighted by Crippen LogP contribution is 2.21. The topological polar surface area (TPSA) is 49.9 Å². The fourth-order valence-electron chi connectivity index (χ4n) is 3.95. The Morgan fingerprint density at radius 1 is 1.00 bits per heavy atom. The van der Waals surface area contributed by atoms with Gasteiger partial charge in [-0.25, -0.2) is 0 Å². The second kappa shape index (κ2) is 9.25. The number of carbonyl (C=O) groups excluding carboxylic acids is 2. The van der Waals surface area contributed by atoms with Gasteiger partial charge in [-0.15, -0.1) is 0 Å². The van der Waals surface area contributed by atoms with Crippen molar-refractivity contribution in [3.63, 3.8) is 0 Å². The molecule has 2 amide bonds. The van der Waals surface area contributed by atoms with Crippen molar-refractivity contribution < 1.29 is 14.3 Å². The molecule has 2 aliphatic rings. The first-order chi connectivity index (χ1) is 13.0. The maximum Gasteiger partial charge on any atom is 0.253 e. The van der Waals surface area contributed by atoms with Crippen LogP contribution in [-0.2, 0) is 4.79 Å². The summed E-state index contributed by atoms with van der Waals surface area (Å²) in [5.74, 6) is 1.57. The quantitative estimate of drug-likeness (QED) is 0.794. The van der Waals surface area contributed by atoms with Crippen molar-refractivity contribution in [3.05, 3.63) is 29.8 Å². The molecule has 3 rings (SSSR count). The number of benzene rings is 1. The van der Waals surface area contributed by atoms with E-state index >= 15 is 0 Å². The summed E-state index contributed by atoms with van der Waals surface area (Å²) in [5.41, 5.74) is 0.732. The minimum Gasteiger partial charge on any atom is -0.493 e. The van der Waals surface area contributed by atoms with Crippen molar-refractivity contribution in [1.82, 2.24) is 9.80 Å². The number of likely N-dealkylation sites (tertiary alicyclic amines) is 2. The first-order valence-electron chi connectivity index (χ1n) is 10.4. The van der Waals surface area contributed by atoms with Crippen molar-refractivity contribution in [2.75, 3.05) is 32.8 Å². The van der Waals surface area contributed by atoms with Crippen LogP contribution in [0, 0.1) is 11.8 Å². The van der Waals surface area contributed by atoms with Crippen molar-refractivity contribution in [2.24, 2.45) is 11.8 Å². The summed E-state index contributed by atoms with van der Waals surface area (Å²) in [6.07, 6.45) is 5.55. The summed E-state index contributed by atoms with van der Waals surface area (Å²) in [7, 11) is 0. The molecule has 2 heterocycles. The first kappa shape index (κ1) is 19.7. The van der Waals surface area contributed by atoms with Crippen molar-refractivity contribution in [3.8, 4) is 5.75 Å². The Hall–Kier alpha value is -2.04. The smallest absolute Gasteiger partial charge is 0.253 e. The Bertz CT molecular complexity index is 635. The molecular formula is C22H32N2O3. The lowest BCUT2D eigenvalue weighted by Gasteiger charge is -2.33. The minimum absolute atomic E-state index is 0.0506. The summed E-state index contributed by atoms with van der Waals surface area (Å²) in [5, 5.41) is 0. The van der Waals surface area contributed by atoms with E-state index in [2.05, 4.69) is 0 Å². The van der Waals surface area contributed by atoms with Crippen LogP contribution in [0.1, 0.15) is 56.3 Å². The number of ether oxygens (including phenoxy) is 1. The van der Waals surface area contributed by atoms with Crippen LogP contribution in [0.3, 0.4) is 0 Å². The van der Waals surface area contributed by atoms with Crippen LogP contribution in [-0.4, -0.2) is 54.4 Å². The Kier molecular flexibility index (Phi) is 6.75. The van der Waals surface area contributed by atoms with Gasteiger partial charge in [0.1, 0.15) is 5.75 Å². The average Bonchev–Trinajstić information content (AvgIpc) is 2.72. The third-order valence-electron chi connectivity index (χ3n) is 5.55. The Morgan fingerprint density at radius 2 is 1.67 bits per heavy atom. The molecule has 5 heteroatoms. The van der Waals surface area contributed by atoms with E-state index in [0.717, 1.165) is 63.2 Å². The van der Waals surface area contributed by atoms with Gasteiger partial charge in [0.05, 0.1) is 6.61 Å². The molecule has 0 bridgehead atoms. The van der Waals surface area contributed by atoms with Crippen LogP contribution in [0.2, 0.25) is 0 Å². The van der Waals surface area contributed by atoms with Gasteiger partial charge in [-0.1, -0.05) is 13.8 Å². The highest BCUT2D eigenvalue weighted by molar-refractivity contribution is 5.94. The molecule has 148 valence electrons. The first-order valence-corrected chi connectivity index (χ1v) is 10.4. The maximum atomic E-state index is 12.5. The summed E-state index contributed by atoms with van der Waals surface area (Å²) >= 11 is 0. The summed E-state index contributed by atoms with van der Waals surface area (Å²) in [6.45, 7) is 7.89. The Labute approximate surface area is 162 Å². The van der Waals surface area contributed by atoms with Crippen LogP contribution in [0.5, 0.6) is 5.75 Å². The van der Waals surface area contributed by atoms with Gasteiger partial charge in [0.2, 0.25) is 5.91 Å². The molecule has 2 aliphatic heterocycles. The molecule has 0 N–H and O–H groups in total. The molecule has 0 saturated carbocycles. The number of nitrogens with zero attached hydrogens (tertiary/aromatic N) is 2. The molecule has 1 aromatic carbocycles.